The fourth-order valence-electron chi connectivity index (χ4n) is 2.17. The van der Waals surface area contributed by atoms with Crippen LogP contribution in [0.15, 0.2) is 38.4 Å². The average molecular weight is 358 g/mol. The third-order valence-corrected chi connectivity index (χ3v) is 5.44. The second-order valence-electron chi connectivity index (χ2n) is 4.50. The minimum Gasteiger partial charge on any atom is -0.411 e. The second-order valence-corrected chi connectivity index (χ2v) is 7.11. The zero-order chi connectivity index (χ0) is 14.2. The normalized spacial score (nSPS) is 16.6. The summed E-state index contributed by atoms with van der Waals surface area (Å²) in [4.78, 5) is 0.586. The molecule has 3 rings (SSSR count). The summed E-state index contributed by atoms with van der Waals surface area (Å²) in [7, 11) is -3.38. The van der Waals surface area contributed by atoms with Gasteiger partial charge in [0.1, 0.15) is 0 Å². The number of nitrogens with zero attached hydrogens (tertiary/aromatic N) is 3. The lowest BCUT2D eigenvalue weighted by Gasteiger charge is -2.15. The van der Waals surface area contributed by atoms with Crippen LogP contribution in [-0.4, -0.2) is 36.0 Å². The van der Waals surface area contributed by atoms with Gasteiger partial charge in [-0.2, -0.15) is 4.31 Å². The summed E-state index contributed by atoms with van der Waals surface area (Å²) in [6.45, 7) is 1.20. The first-order chi connectivity index (χ1) is 9.57. The van der Waals surface area contributed by atoms with Crippen LogP contribution in [0.2, 0.25) is 0 Å². The van der Waals surface area contributed by atoms with Crippen LogP contribution in [0, 0.1) is 0 Å². The Labute approximate surface area is 125 Å². The highest BCUT2D eigenvalue weighted by Crippen LogP contribution is 2.24. The molecule has 1 aliphatic heterocycles. The molecule has 0 bridgehead atoms. The summed E-state index contributed by atoms with van der Waals surface area (Å²) in [5.74, 6) is 0.349. The Morgan fingerprint density at radius 3 is 2.30 bits per heavy atom. The van der Waals surface area contributed by atoms with Gasteiger partial charge in [0.25, 0.3) is 4.80 Å². The van der Waals surface area contributed by atoms with E-state index in [1.54, 1.807) is 24.3 Å². The first-order valence-corrected chi connectivity index (χ1v) is 8.40. The summed E-state index contributed by atoms with van der Waals surface area (Å²) in [5, 5.41) is 7.53. The number of sulfonamides is 1. The largest absolute Gasteiger partial charge is 0.411 e. The monoisotopic (exact) mass is 357 g/mol. The molecule has 0 spiro atoms. The minimum absolute atomic E-state index is 0.293. The van der Waals surface area contributed by atoms with Crippen molar-refractivity contribution in [2.45, 2.75) is 17.7 Å². The Bertz CT molecular complexity index is 706. The van der Waals surface area contributed by atoms with E-state index in [0.717, 1.165) is 12.8 Å². The Balaban J connectivity index is 1.89. The van der Waals surface area contributed by atoms with Crippen molar-refractivity contribution in [1.29, 1.82) is 0 Å². The van der Waals surface area contributed by atoms with Crippen LogP contribution < -0.4 is 0 Å². The Kier molecular flexibility index (Phi) is 3.61. The van der Waals surface area contributed by atoms with Crippen molar-refractivity contribution in [3.63, 3.8) is 0 Å². The summed E-state index contributed by atoms with van der Waals surface area (Å²) in [5.41, 5.74) is 0.684. The van der Waals surface area contributed by atoms with Crippen LogP contribution in [0.3, 0.4) is 0 Å². The molecule has 0 radical (unpaired) electrons. The van der Waals surface area contributed by atoms with Gasteiger partial charge < -0.3 is 4.42 Å². The van der Waals surface area contributed by atoms with Gasteiger partial charge in [0, 0.05) is 34.6 Å². The second kappa shape index (κ2) is 5.27. The van der Waals surface area contributed by atoms with Crippen LogP contribution >= 0.6 is 15.9 Å². The molecule has 2 heterocycles. The van der Waals surface area contributed by atoms with Gasteiger partial charge in [-0.3, -0.25) is 0 Å². The quantitative estimate of drug-likeness (QED) is 0.841. The van der Waals surface area contributed by atoms with Gasteiger partial charge in [-0.05, 0) is 37.1 Å². The summed E-state index contributed by atoms with van der Waals surface area (Å²) < 4.78 is 31.5. The predicted molar refractivity (Wildman–Crippen MR) is 75.4 cm³/mol. The maximum Gasteiger partial charge on any atom is 0.285 e. The van der Waals surface area contributed by atoms with Gasteiger partial charge in [-0.15, -0.1) is 10.2 Å². The maximum atomic E-state index is 12.4. The van der Waals surface area contributed by atoms with Gasteiger partial charge >= 0.3 is 0 Å². The zero-order valence-corrected chi connectivity index (χ0v) is 12.9. The molecule has 1 aliphatic rings. The fourth-order valence-corrected chi connectivity index (χ4v) is 3.92. The van der Waals surface area contributed by atoms with E-state index in [9.17, 15) is 8.42 Å². The molecule has 8 heteroatoms. The minimum atomic E-state index is -3.38. The van der Waals surface area contributed by atoms with Gasteiger partial charge in [0.2, 0.25) is 15.9 Å². The molecular weight excluding hydrogens is 346 g/mol. The van der Waals surface area contributed by atoms with Crippen LogP contribution in [0.1, 0.15) is 12.8 Å². The molecule has 1 aromatic heterocycles. The Morgan fingerprint density at radius 1 is 1.10 bits per heavy atom. The fraction of sp³-hybridized carbons (Fsp3) is 0.333. The molecule has 6 nitrogen and oxygen atoms in total. The standard InChI is InChI=1S/C12H12BrN3O3S/c13-12-15-14-11(19-12)9-3-5-10(6-4-9)20(17,18)16-7-1-2-8-16/h3-6H,1-2,7-8H2. The van der Waals surface area contributed by atoms with Crippen molar-refractivity contribution in [3.8, 4) is 11.5 Å². The Morgan fingerprint density at radius 2 is 1.75 bits per heavy atom. The highest BCUT2D eigenvalue weighted by Gasteiger charge is 2.27. The highest BCUT2D eigenvalue weighted by atomic mass is 79.9. The number of benzene rings is 1. The molecular formula is C12H12BrN3O3S. The van der Waals surface area contributed by atoms with Crippen molar-refractivity contribution in [2.75, 3.05) is 13.1 Å². The van der Waals surface area contributed by atoms with Crippen LogP contribution in [0.25, 0.3) is 11.5 Å². The molecule has 0 amide bonds. The molecule has 1 saturated heterocycles. The molecule has 0 unspecified atom stereocenters. The van der Waals surface area contributed by atoms with E-state index in [4.69, 9.17) is 4.42 Å². The van der Waals surface area contributed by atoms with Gasteiger partial charge in [0.05, 0.1) is 4.90 Å². The van der Waals surface area contributed by atoms with E-state index >= 15 is 0 Å². The third kappa shape index (κ3) is 2.50. The van der Waals surface area contributed by atoms with E-state index in [1.165, 1.54) is 4.31 Å². The van der Waals surface area contributed by atoms with Crippen molar-refractivity contribution in [3.05, 3.63) is 29.1 Å². The first-order valence-electron chi connectivity index (χ1n) is 6.17. The number of rotatable bonds is 3. The van der Waals surface area contributed by atoms with E-state index in [1.807, 2.05) is 0 Å². The molecule has 0 aliphatic carbocycles. The van der Waals surface area contributed by atoms with Crippen molar-refractivity contribution in [2.24, 2.45) is 0 Å². The lowest BCUT2D eigenvalue weighted by atomic mass is 10.2. The molecule has 0 saturated carbocycles. The number of aromatic nitrogens is 2. The highest BCUT2D eigenvalue weighted by molar-refractivity contribution is 9.10. The number of hydrogen-bond acceptors (Lipinski definition) is 5. The van der Waals surface area contributed by atoms with Crippen molar-refractivity contribution >= 4 is 26.0 Å². The van der Waals surface area contributed by atoms with E-state index in [-0.39, 0.29) is 0 Å². The summed E-state index contributed by atoms with van der Waals surface area (Å²) in [6, 6.07) is 6.48. The molecule has 0 atom stereocenters. The molecule has 0 N–H and O–H groups in total. The number of hydrogen-bond donors (Lipinski definition) is 0. The van der Waals surface area contributed by atoms with Gasteiger partial charge in [0.15, 0.2) is 0 Å². The predicted octanol–water partition coefficient (Wildman–Crippen LogP) is 2.28. The molecule has 1 fully saturated rings. The van der Waals surface area contributed by atoms with Crippen molar-refractivity contribution < 1.29 is 12.8 Å². The summed E-state index contributed by atoms with van der Waals surface area (Å²) in [6.07, 6.45) is 1.85. The topological polar surface area (TPSA) is 76.3 Å². The lowest BCUT2D eigenvalue weighted by molar-refractivity contribution is 0.477. The maximum absolute atomic E-state index is 12.4. The van der Waals surface area contributed by atoms with Crippen molar-refractivity contribution in [1.82, 2.24) is 14.5 Å². The smallest absolute Gasteiger partial charge is 0.285 e. The summed E-state index contributed by atoms with van der Waals surface area (Å²) >= 11 is 3.08. The van der Waals surface area contributed by atoms with E-state index < -0.39 is 10.0 Å². The van der Waals surface area contributed by atoms with E-state index in [2.05, 4.69) is 26.1 Å². The molecule has 106 valence electrons. The van der Waals surface area contributed by atoms with Crippen LogP contribution in [-0.2, 0) is 10.0 Å². The number of halogens is 1. The SMILES string of the molecule is O=S(=O)(c1ccc(-c2nnc(Br)o2)cc1)N1CCCC1. The average Bonchev–Trinajstić information content (AvgIpc) is 3.10. The Hall–Kier alpha value is -1.25. The van der Waals surface area contributed by atoms with E-state index in [0.29, 0.717) is 34.2 Å². The molecule has 20 heavy (non-hydrogen) atoms. The van der Waals surface area contributed by atoms with Crippen LogP contribution in [0.4, 0.5) is 0 Å². The molecule has 1 aromatic carbocycles. The molecule has 2 aromatic rings. The third-order valence-electron chi connectivity index (χ3n) is 3.20. The lowest BCUT2D eigenvalue weighted by Crippen LogP contribution is -2.27. The zero-order valence-electron chi connectivity index (χ0n) is 10.5. The van der Waals surface area contributed by atoms with Gasteiger partial charge in [-0.1, -0.05) is 0 Å². The van der Waals surface area contributed by atoms with Gasteiger partial charge in [-0.25, -0.2) is 8.42 Å². The first kappa shape index (κ1) is 13.7. The van der Waals surface area contributed by atoms with Crippen LogP contribution in [0.5, 0.6) is 0 Å².